The van der Waals surface area contributed by atoms with Crippen LogP contribution >= 0.6 is 23.2 Å². The van der Waals surface area contributed by atoms with Crippen molar-refractivity contribution in [1.82, 2.24) is 0 Å². The molecule has 0 aliphatic carbocycles. The first kappa shape index (κ1) is 25.4. The van der Waals surface area contributed by atoms with E-state index in [4.69, 9.17) is 27.9 Å². The number of carbonyl (C=O) groups excluding carboxylic acids is 1. The molecule has 0 spiro atoms. The van der Waals surface area contributed by atoms with E-state index in [2.05, 4.69) is 5.32 Å². The van der Waals surface area contributed by atoms with E-state index in [0.29, 0.717) is 32.7 Å². The molecule has 0 saturated carbocycles. The number of rotatable bonds is 6. The van der Waals surface area contributed by atoms with Crippen molar-refractivity contribution in [2.45, 2.75) is 12.6 Å². The van der Waals surface area contributed by atoms with Gasteiger partial charge in [0.1, 0.15) is 17.2 Å². The summed E-state index contributed by atoms with van der Waals surface area (Å²) in [4.78, 5) is 12.5. The molecule has 0 heterocycles. The summed E-state index contributed by atoms with van der Waals surface area (Å²) in [5.41, 5.74) is 1.55. The number of hydrogen-bond donors (Lipinski definition) is 2. The van der Waals surface area contributed by atoms with Gasteiger partial charge in [0.2, 0.25) is 5.91 Å². The Bertz CT molecular complexity index is 1390. The maximum atomic E-state index is 12.7. The van der Waals surface area contributed by atoms with E-state index in [0.717, 1.165) is 17.7 Å². The standard InChI is InChI=1S/C27H18Cl2F3NO3/c28-22-11-9-20(14-23(22)29)36-21-10-12-24(25(34)15-21)33-26(35)13-16-1-3-17(4-2-16)18-5-7-19(8-6-18)27(30,31)32/h1-12,14-15,34H,13H2,(H,33,35). The second-order valence-corrected chi connectivity index (χ2v) is 8.67. The average molecular weight is 532 g/mol. The first-order chi connectivity index (χ1) is 17.1. The first-order valence-electron chi connectivity index (χ1n) is 10.6. The molecule has 0 radical (unpaired) electrons. The zero-order valence-electron chi connectivity index (χ0n) is 18.4. The minimum atomic E-state index is -4.39. The quantitative estimate of drug-likeness (QED) is 0.246. The highest BCUT2D eigenvalue weighted by Crippen LogP contribution is 2.34. The highest BCUT2D eigenvalue weighted by atomic mass is 35.5. The zero-order chi connectivity index (χ0) is 25.9. The minimum absolute atomic E-state index is 0.0360. The van der Waals surface area contributed by atoms with Crippen molar-refractivity contribution in [2.75, 3.05) is 5.32 Å². The van der Waals surface area contributed by atoms with Gasteiger partial charge in [-0.05, 0) is 53.1 Å². The van der Waals surface area contributed by atoms with E-state index in [1.165, 1.54) is 24.3 Å². The fourth-order valence-electron chi connectivity index (χ4n) is 3.40. The third-order valence-electron chi connectivity index (χ3n) is 5.23. The number of benzene rings is 4. The van der Waals surface area contributed by atoms with Crippen LogP contribution in [0.4, 0.5) is 18.9 Å². The molecule has 0 bridgehead atoms. The third kappa shape index (κ3) is 6.30. The van der Waals surface area contributed by atoms with Crippen molar-refractivity contribution in [3.8, 4) is 28.4 Å². The van der Waals surface area contributed by atoms with Gasteiger partial charge >= 0.3 is 6.18 Å². The summed E-state index contributed by atoms with van der Waals surface area (Å²) in [6.45, 7) is 0. The highest BCUT2D eigenvalue weighted by Gasteiger charge is 2.29. The number of halogens is 5. The van der Waals surface area contributed by atoms with Gasteiger partial charge in [0.15, 0.2) is 0 Å². The summed E-state index contributed by atoms with van der Waals surface area (Å²) in [5, 5.41) is 13.7. The van der Waals surface area contributed by atoms with Gasteiger partial charge in [-0.2, -0.15) is 13.2 Å². The number of phenols is 1. The summed E-state index contributed by atoms with van der Waals surface area (Å²) >= 11 is 11.9. The van der Waals surface area contributed by atoms with Crippen LogP contribution in [0, 0.1) is 0 Å². The Kier molecular flexibility index (Phi) is 7.43. The molecule has 4 aromatic carbocycles. The molecule has 0 aliphatic heterocycles. The van der Waals surface area contributed by atoms with Crippen LogP contribution < -0.4 is 10.1 Å². The number of ether oxygens (including phenoxy) is 1. The van der Waals surface area contributed by atoms with E-state index in [9.17, 15) is 23.1 Å². The Morgan fingerprint density at radius 1 is 0.806 bits per heavy atom. The molecule has 2 N–H and O–H groups in total. The lowest BCUT2D eigenvalue weighted by molar-refractivity contribution is -0.137. The zero-order valence-corrected chi connectivity index (χ0v) is 20.0. The van der Waals surface area contributed by atoms with Gasteiger partial charge in [0.25, 0.3) is 0 Å². The Morgan fingerprint density at radius 2 is 1.39 bits per heavy atom. The van der Waals surface area contributed by atoms with Crippen molar-refractivity contribution < 1.29 is 27.8 Å². The number of aromatic hydroxyl groups is 1. The molecule has 0 aliphatic rings. The molecule has 184 valence electrons. The SMILES string of the molecule is O=C(Cc1ccc(-c2ccc(C(F)(F)F)cc2)cc1)Nc1ccc(Oc2ccc(Cl)c(Cl)c2)cc1O. The van der Waals surface area contributed by atoms with Crippen LogP contribution in [0.1, 0.15) is 11.1 Å². The van der Waals surface area contributed by atoms with Crippen LogP contribution in [-0.2, 0) is 17.4 Å². The fraction of sp³-hybridized carbons (Fsp3) is 0.0741. The normalized spacial score (nSPS) is 11.2. The summed E-state index contributed by atoms with van der Waals surface area (Å²) in [6.07, 6.45) is -4.35. The Labute approximate surface area is 214 Å². The lowest BCUT2D eigenvalue weighted by Crippen LogP contribution is -2.14. The van der Waals surface area contributed by atoms with Crippen molar-refractivity contribution in [3.63, 3.8) is 0 Å². The molecule has 9 heteroatoms. The van der Waals surface area contributed by atoms with E-state index in [-0.39, 0.29) is 23.8 Å². The lowest BCUT2D eigenvalue weighted by atomic mass is 10.0. The second-order valence-electron chi connectivity index (χ2n) is 7.85. The molecular weight excluding hydrogens is 514 g/mol. The van der Waals surface area contributed by atoms with Crippen molar-refractivity contribution in [2.24, 2.45) is 0 Å². The second kappa shape index (κ2) is 10.5. The number of phenolic OH excluding ortho intramolecular Hbond substituents is 1. The summed E-state index contributed by atoms with van der Waals surface area (Å²) < 4.78 is 43.9. The van der Waals surface area contributed by atoms with Crippen LogP contribution in [0.5, 0.6) is 17.2 Å². The summed E-state index contributed by atoms with van der Waals surface area (Å²) in [6, 6.07) is 21.0. The van der Waals surface area contributed by atoms with Crippen LogP contribution in [-0.4, -0.2) is 11.0 Å². The van der Waals surface area contributed by atoms with E-state index >= 15 is 0 Å². The molecule has 0 unspecified atom stereocenters. The number of anilines is 1. The van der Waals surface area contributed by atoms with Gasteiger partial charge in [-0.15, -0.1) is 0 Å². The van der Waals surface area contributed by atoms with Gasteiger partial charge in [-0.1, -0.05) is 59.6 Å². The Hall–Kier alpha value is -3.68. The first-order valence-corrected chi connectivity index (χ1v) is 11.4. The van der Waals surface area contributed by atoms with E-state index < -0.39 is 11.7 Å². The maximum absolute atomic E-state index is 12.7. The van der Waals surface area contributed by atoms with Crippen LogP contribution in [0.15, 0.2) is 84.9 Å². The van der Waals surface area contributed by atoms with E-state index in [1.54, 1.807) is 48.5 Å². The number of hydrogen-bond acceptors (Lipinski definition) is 3. The van der Waals surface area contributed by atoms with Gasteiger partial charge < -0.3 is 15.2 Å². The average Bonchev–Trinajstić information content (AvgIpc) is 2.83. The molecule has 1 amide bonds. The van der Waals surface area contributed by atoms with Gasteiger partial charge in [-0.25, -0.2) is 0 Å². The fourth-order valence-corrected chi connectivity index (χ4v) is 3.69. The van der Waals surface area contributed by atoms with Crippen molar-refractivity contribution in [3.05, 3.63) is 106 Å². The molecule has 0 aromatic heterocycles. The Balaban J connectivity index is 1.37. The molecule has 0 saturated heterocycles. The largest absolute Gasteiger partial charge is 0.506 e. The van der Waals surface area contributed by atoms with Gasteiger partial charge in [0.05, 0.1) is 27.7 Å². The molecule has 4 nitrogen and oxygen atoms in total. The number of amides is 1. The lowest BCUT2D eigenvalue weighted by Gasteiger charge is -2.11. The van der Waals surface area contributed by atoms with Crippen LogP contribution in [0.2, 0.25) is 10.0 Å². The molecular formula is C27H18Cl2F3NO3. The number of nitrogens with one attached hydrogen (secondary N) is 1. The topological polar surface area (TPSA) is 58.6 Å². The van der Waals surface area contributed by atoms with Crippen molar-refractivity contribution in [1.29, 1.82) is 0 Å². The van der Waals surface area contributed by atoms with E-state index in [1.807, 2.05) is 0 Å². The maximum Gasteiger partial charge on any atom is 0.416 e. The third-order valence-corrected chi connectivity index (χ3v) is 5.97. The highest BCUT2D eigenvalue weighted by molar-refractivity contribution is 6.42. The molecule has 4 aromatic rings. The monoisotopic (exact) mass is 531 g/mol. The number of alkyl halides is 3. The Morgan fingerprint density at radius 3 is 1.97 bits per heavy atom. The molecule has 0 fully saturated rings. The smallest absolute Gasteiger partial charge is 0.416 e. The van der Waals surface area contributed by atoms with Gasteiger partial charge in [-0.3, -0.25) is 4.79 Å². The van der Waals surface area contributed by atoms with Crippen molar-refractivity contribution >= 4 is 34.8 Å². The summed E-state index contributed by atoms with van der Waals surface area (Å²) in [7, 11) is 0. The minimum Gasteiger partial charge on any atom is -0.506 e. The van der Waals surface area contributed by atoms with Crippen LogP contribution in [0.3, 0.4) is 0 Å². The summed E-state index contributed by atoms with van der Waals surface area (Å²) in [5.74, 6) is 0.229. The molecule has 4 rings (SSSR count). The molecule has 36 heavy (non-hydrogen) atoms. The van der Waals surface area contributed by atoms with Gasteiger partial charge in [0, 0.05) is 12.1 Å². The molecule has 0 atom stereocenters. The van der Waals surface area contributed by atoms with Crippen LogP contribution in [0.25, 0.3) is 11.1 Å². The predicted octanol–water partition coefficient (Wildman–Crippen LogP) is 8.36. The predicted molar refractivity (Wildman–Crippen MR) is 134 cm³/mol. The number of carbonyl (C=O) groups is 1.